The van der Waals surface area contributed by atoms with E-state index in [9.17, 15) is 0 Å². The summed E-state index contributed by atoms with van der Waals surface area (Å²) in [4.78, 5) is 0. The van der Waals surface area contributed by atoms with Crippen LogP contribution >= 0.6 is 0 Å². The quantitative estimate of drug-likeness (QED) is 0.343. The molecule has 18 heavy (non-hydrogen) atoms. The molecule has 0 aliphatic heterocycles. The van der Waals surface area contributed by atoms with Gasteiger partial charge in [-0.25, -0.2) is 0 Å². The van der Waals surface area contributed by atoms with E-state index in [2.05, 4.69) is 31.2 Å². The highest BCUT2D eigenvalue weighted by molar-refractivity contribution is 5.02. The summed E-state index contributed by atoms with van der Waals surface area (Å²) in [6, 6.07) is 0. The van der Waals surface area contributed by atoms with Crippen molar-refractivity contribution in [3.05, 3.63) is 24.3 Å². The molecule has 0 fully saturated rings. The lowest BCUT2D eigenvalue weighted by atomic mass is 10.1. The minimum absolute atomic E-state index is 0.354. The van der Waals surface area contributed by atoms with Crippen LogP contribution in [0.2, 0.25) is 0 Å². The Morgan fingerprint density at radius 2 is 1.17 bits per heavy atom. The van der Waals surface area contributed by atoms with Crippen LogP contribution in [0.5, 0.6) is 0 Å². The topological polar surface area (TPSA) is 20.2 Å². The molecule has 0 radical (unpaired) electrons. The lowest BCUT2D eigenvalue weighted by Gasteiger charge is -1.98. The molecule has 1 N–H and O–H groups in total. The second kappa shape index (κ2) is 16.4. The van der Waals surface area contributed by atoms with Crippen molar-refractivity contribution < 1.29 is 5.11 Å². The lowest BCUT2D eigenvalue weighted by molar-refractivity contribution is 0.282. The predicted molar refractivity (Wildman–Crippen MR) is 81.8 cm³/mol. The summed E-state index contributed by atoms with van der Waals surface area (Å²) in [5.41, 5.74) is 0. The first-order valence-electron chi connectivity index (χ1n) is 7.84. The normalized spacial score (nSPS) is 11.9. The van der Waals surface area contributed by atoms with Crippen molar-refractivity contribution in [2.75, 3.05) is 6.61 Å². The summed E-state index contributed by atoms with van der Waals surface area (Å²) < 4.78 is 0. The van der Waals surface area contributed by atoms with Gasteiger partial charge in [0.1, 0.15) is 0 Å². The molecule has 0 spiro atoms. The Bertz CT molecular complexity index is 194. The number of unbranched alkanes of at least 4 members (excludes halogenated alkanes) is 9. The largest absolute Gasteiger partial charge is 0.396 e. The van der Waals surface area contributed by atoms with Crippen LogP contribution in [0.15, 0.2) is 24.3 Å². The van der Waals surface area contributed by atoms with Crippen molar-refractivity contribution in [1.82, 2.24) is 0 Å². The van der Waals surface area contributed by atoms with Crippen molar-refractivity contribution in [1.29, 1.82) is 0 Å². The van der Waals surface area contributed by atoms with Crippen LogP contribution < -0.4 is 0 Å². The molecule has 1 nitrogen and oxygen atoms in total. The fourth-order valence-electron chi connectivity index (χ4n) is 1.94. The van der Waals surface area contributed by atoms with Crippen molar-refractivity contribution >= 4 is 0 Å². The van der Waals surface area contributed by atoms with Gasteiger partial charge in [0, 0.05) is 6.61 Å². The Morgan fingerprint density at radius 3 is 1.72 bits per heavy atom. The summed E-state index contributed by atoms with van der Waals surface area (Å²) in [5, 5.41) is 8.64. The van der Waals surface area contributed by atoms with Crippen LogP contribution in [-0.2, 0) is 0 Å². The maximum absolute atomic E-state index is 8.64. The average molecular weight is 252 g/mol. The van der Waals surface area contributed by atoms with E-state index in [1.807, 2.05) is 0 Å². The van der Waals surface area contributed by atoms with Crippen LogP contribution in [0.25, 0.3) is 0 Å². The maximum atomic E-state index is 8.64. The molecule has 106 valence electrons. The standard InChI is InChI=1S/C17H32O/c1-2-3-4-5-6-7-8-9-10-11-12-13-14-15-16-17-18/h6-9,18H,2-5,10-17H2,1H3. The molecule has 0 aliphatic carbocycles. The third-order valence-corrected chi connectivity index (χ3v) is 3.14. The summed E-state index contributed by atoms with van der Waals surface area (Å²) in [6.45, 7) is 2.60. The van der Waals surface area contributed by atoms with Crippen LogP contribution in [0.3, 0.4) is 0 Å². The van der Waals surface area contributed by atoms with E-state index in [1.165, 1.54) is 64.2 Å². The molecule has 1 heteroatoms. The van der Waals surface area contributed by atoms with E-state index in [1.54, 1.807) is 0 Å². The minimum atomic E-state index is 0.354. The van der Waals surface area contributed by atoms with Gasteiger partial charge in [0.25, 0.3) is 0 Å². The molecule has 0 amide bonds. The third-order valence-electron chi connectivity index (χ3n) is 3.14. The molecule has 0 unspecified atom stereocenters. The molecule has 0 aromatic rings. The SMILES string of the molecule is CCCCCC=CC=CCCCCCCCCO. The van der Waals surface area contributed by atoms with E-state index in [4.69, 9.17) is 5.11 Å². The van der Waals surface area contributed by atoms with Crippen LogP contribution in [0.4, 0.5) is 0 Å². The number of hydrogen-bond acceptors (Lipinski definition) is 1. The first kappa shape index (κ1) is 17.4. The Hall–Kier alpha value is -0.560. The van der Waals surface area contributed by atoms with Gasteiger partial charge in [-0.15, -0.1) is 0 Å². The van der Waals surface area contributed by atoms with Crippen molar-refractivity contribution in [3.63, 3.8) is 0 Å². The van der Waals surface area contributed by atoms with Gasteiger partial charge in [0.15, 0.2) is 0 Å². The summed E-state index contributed by atoms with van der Waals surface area (Å²) in [7, 11) is 0. The van der Waals surface area contributed by atoms with Crippen LogP contribution in [0.1, 0.15) is 77.6 Å². The lowest BCUT2D eigenvalue weighted by Crippen LogP contribution is -1.83. The second-order valence-electron chi connectivity index (χ2n) is 4.99. The Kier molecular flexibility index (Phi) is 15.9. The maximum Gasteiger partial charge on any atom is 0.0431 e. The number of aliphatic hydroxyl groups excluding tert-OH is 1. The second-order valence-corrected chi connectivity index (χ2v) is 4.99. The number of aliphatic hydroxyl groups is 1. The van der Waals surface area contributed by atoms with Crippen LogP contribution in [-0.4, -0.2) is 11.7 Å². The molecule has 0 atom stereocenters. The summed E-state index contributed by atoms with van der Waals surface area (Å²) in [6.07, 6.45) is 22.8. The van der Waals surface area contributed by atoms with Gasteiger partial charge in [-0.2, -0.15) is 0 Å². The number of hydrogen-bond donors (Lipinski definition) is 1. The van der Waals surface area contributed by atoms with Crippen molar-refractivity contribution in [2.24, 2.45) is 0 Å². The van der Waals surface area contributed by atoms with Crippen molar-refractivity contribution in [3.8, 4) is 0 Å². The Labute approximate surface area is 114 Å². The van der Waals surface area contributed by atoms with Gasteiger partial charge in [-0.3, -0.25) is 0 Å². The van der Waals surface area contributed by atoms with E-state index >= 15 is 0 Å². The van der Waals surface area contributed by atoms with Gasteiger partial charge < -0.3 is 5.11 Å². The molecule has 0 rings (SSSR count). The highest BCUT2D eigenvalue weighted by atomic mass is 16.2. The molecule has 0 bridgehead atoms. The fourth-order valence-corrected chi connectivity index (χ4v) is 1.94. The van der Waals surface area contributed by atoms with Gasteiger partial charge in [0.05, 0.1) is 0 Å². The first-order valence-corrected chi connectivity index (χ1v) is 7.84. The third kappa shape index (κ3) is 15.4. The summed E-state index contributed by atoms with van der Waals surface area (Å²) in [5.74, 6) is 0. The van der Waals surface area contributed by atoms with Gasteiger partial charge in [0.2, 0.25) is 0 Å². The molecular weight excluding hydrogens is 220 g/mol. The minimum Gasteiger partial charge on any atom is -0.396 e. The molecule has 0 saturated carbocycles. The Balaban J connectivity index is 3.13. The highest BCUT2D eigenvalue weighted by Crippen LogP contribution is 2.07. The van der Waals surface area contributed by atoms with E-state index in [-0.39, 0.29) is 0 Å². The number of rotatable bonds is 13. The molecular formula is C17H32O. The zero-order chi connectivity index (χ0) is 13.3. The van der Waals surface area contributed by atoms with Crippen molar-refractivity contribution in [2.45, 2.75) is 77.6 Å². The van der Waals surface area contributed by atoms with E-state index in [0.29, 0.717) is 6.61 Å². The predicted octanol–water partition coefficient (Wildman–Crippen LogP) is 5.40. The smallest absolute Gasteiger partial charge is 0.0431 e. The van der Waals surface area contributed by atoms with Crippen LogP contribution in [0, 0.1) is 0 Å². The summed E-state index contributed by atoms with van der Waals surface area (Å²) >= 11 is 0. The van der Waals surface area contributed by atoms with Gasteiger partial charge in [-0.1, -0.05) is 69.8 Å². The molecule has 0 aromatic heterocycles. The number of allylic oxidation sites excluding steroid dienone is 4. The zero-order valence-electron chi connectivity index (χ0n) is 12.2. The zero-order valence-corrected chi connectivity index (χ0v) is 12.2. The van der Waals surface area contributed by atoms with E-state index in [0.717, 1.165) is 6.42 Å². The van der Waals surface area contributed by atoms with Gasteiger partial charge in [-0.05, 0) is 32.1 Å². The molecule has 0 aliphatic rings. The molecule has 0 saturated heterocycles. The monoisotopic (exact) mass is 252 g/mol. The van der Waals surface area contributed by atoms with E-state index < -0.39 is 0 Å². The van der Waals surface area contributed by atoms with Gasteiger partial charge >= 0.3 is 0 Å². The molecule has 0 heterocycles. The Morgan fingerprint density at radius 1 is 0.667 bits per heavy atom. The fraction of sp³-hybridized carbons (Fsp3) is 0.765. The highest BCUT2D eigenvalue weighted by Gasteiger charge is 1.89. The first-order chi connectivity index (χ1) is 8.91. The average Bonchev–Trinajstić information content (AvgIpc) is 2.39. The molecule has 0 aromatic carbocycles.